The van der Waals surface area contributed by atoms with E-state index in [2.05, 4.69) is 50.3 Å². The smallest absolute Gasteiger partial charge is 0.251 e. The second kappa shape index (κ2) is 10.6. The highest BCUT2D eigenvalue weighted by Gasteiger charge is 2.23. The van der Waals surface area contributed by atoms with Crippen LogP contribution in [-0.2, 0) is 4.79 Å². The van der Waals surface area contributed by atoms with E-state index in [4.69, 9.17) is 0 Å². The normalized spacial score (nSPS) is 15.5. The number of hydrogen-bond acceptors (Lipinski definition) is 3. The molecule has 6 heteroatoms. The number of halogens is 1. The Morgan fingerprint density at radius 1 is 1.06 bits per heavy atom. The first-order valence-corrected chi connectivity index (χ1v) is 12.0. The Balaban J connectivity index is 1.47. The molecule has 0 atom stereocenters. The quantitative estimate of drug-likeness (QED) is 0.545. The maximum absolute atomic E-state index is 12.7. The number of carbonyl (C=O) groups is 2. The standard InChI is InChI=1S/C25H32IN3O2/c1-25(2,3)28-23(30)17-29-13-11-18(12-14-29)16-27-24(31)20-8-6-7-19(15-20)21-9-4-5-10-22(21)26/h4-10,15,18H,11-14,16-17H2,1-3H3,(H,27,31)(H,28,30). The molecular weight excluding hydrogens is 501 g/mol. The molecule has 2 N–H and O–H groups in total. The van der Waals surface area contributed by atoms with Crippen molar-refractivity contribution in [3.8, 4) is 11.1 Å². The Hall–Kier alpha value is -1.93. The minimum atomic E-state index is -0.199. The first-order valence-electron chi connectivity index (χ1n) is 10.9. The monoisotopic (exact) mass is 533 g/mol. The lowest BCUT2D eigenvalue weighted by molar-refractivity contribution is -0.124. The number of carbonyl (C=O) groups excluding carboxylic acids is 2. The van der Waals surface area contributed by atoms with E-state index in [1.54, 1.807) is 0 Å². The highest BCUT2D eigenvalue weighted by Crippen LogP contribution is 2.25. The zero-order valence-electron chi connectivity index (χ0n) is 18.6. The second-order valence-corrected chi connectivity index (χ2v) is 10.5. The van der Waals surface area contributed by atoms with Crippen LogP contribution in [0.2, 0.25) is 0 Å². The van der Waals surface area contributed by atoms with Crippen LogP contribution in [0.4, 0.5) is 0 Å². The summed E-state index contributed by atoms with van der Waals surface area (Å²) in [6.45, 7) is 8.89. The summed E-state index contributed by atoms with van der Waals surface area (Å²) in [6, 6.07) is 16.0. The third-order valence-corrected chi connectivity index (χ3v) is 6.39. The van der Waals surface area contributed by atoms with Crippen molar-refractivity contribution in [1.29, 1.82) is 0 Å². The van der Waals surface area contributed by atoms with Crippen LogP contribution < -0.4 is 10.6 Å². The van der Waals surface area contributed by atoms with Gasteiger partial charge >= 0.3 is 0 Å². The zero-order valence-corrected chi connectivity index (χ0v) is 20.7. The Labute approximate surface area is 199 Å². The molecule has 0 radical (unpaired) electrons. The van der Waals surface area contributed by atoms with Crippen LogP contribution in [0.1, 0.15) is 44.0 Å². The molecule has 1 heterocycles. The number of likely N-dealkylation sites (tertiary alicyclic amines) is 1. The van der Waals surface area contributed by atoms with E-state index in [-0.39, 0.29) is 17.4 Å². The molecule has 1 saturated heterocycles. The van der Waals surface area contributed by atoms with Crippen LogP contribution in [0.15, 0.2) is 48.5 Å². The number of nitrogens with one attached hydrogen (secondary N) is 2. The summed E-state index contributed by atoms with van der Waals surface area (Å²) in [6.07, 6.45) is 1.98. The van der Waals surface area contributed by atoms with Crippen LogP contribution in [0, 0.1) is 9.49 Å². The van der Waals surface area contributed by atoms with Gasteiger partial charge in [-0.25, -0.2) is 0 Å². The minimum Gasteiger partial charge on any atom is -0.352 e. The lowest BCUT2D eigenvalue weighted by Crippen LogP contribution is -2.48. The van der Waals surface area contributed by atoms with E-state index in [0.29, 0.717) is 24.6 Å². The van der Waals surface area contributed by atoms with E-state index in [1.165, 1.54) is 3.57 Å². The molecule has 0 bridgehead atoms. The van der Waals surface area contributed by atoms with Crippen LogP contribution in [0.5, 0.6) is 0 Å². The van der Waals surface area contributed by atoms with Crippen LogP contribution in [0.25, 0.3) is 11.1 Å². The SMILES string of the molecule is CC(C)(C)NC(=O)CN1CCC(CNC(=O)c2cccc(-c3ccccc3I)c2)CC1. The van der Waals surface area contributed by atoms with Gasteiger partial charge in [0, 0.05) is 21.2 Å². The number of piperidine rings is 1. The van der Waals surface area contributed by atoms with Gasteiger partial charge < -0.3 is 10.6 Å². The fourth-order valence-corrected chi connectivity index (χ4v) is 4.57. The van der Waals surface area contributed by atoms with Gasteiger partial charge in [-0.15, -0.1) is 0 Å². The first kappa shape index (κ1) is 23.7. The lowest BCUT2D eigenvalue weighted by Gasteiger charge is -2.32. The van der Waals surface area contributed by atoms with E-state index in [0.717, 1.165) is 37.1 Å². The molecule has 5 nitrogen and oxygen atoms in total. The molecule has 2 aromatic rings. The van der Waals surface area contributed by atoms with Gasteiger partial charge in [0.25, 0.3) is 5.91 Å². The summed E-state index contributed by atoms with van der Waals surface area (Å²) >= 11 is 2.32. The highest BCUT2D eigenvalue weighted by molar-refractivity contribution is 14.1. The Kier molecular flexibility index (Phi) is 8.11. The van der Waals surface area contributed by atoms with Crippen molar-refractivity contribution in [1.82, 2.24) is 15.5 Å². The van der Waals surface area contributed by atoms with Gasteiger partial charge in [0.05, 0.1) is 6.54 Å². The molecular formula is C25H32IN3O2. The minimum absolute atomic E-state index is 0.0280. The van der Waals surface area contributed by atoms with Crippen molar-refractivity contribution in [2.75, 3.05) is 26.2 Å². The molecule has 166 valence electrons. The topological polar surface area (TPSA) is 61.4 Å². The predicted octanol–water partition coefficient (Wildman–Crippen LogP) is 4.31. The summed E-state index contributed by atoms with van der Waals surface area (Å²) in [5, 5.41) is 6.13. The number of amides is 2. The van der Waals surface area contributed by atoms with Gasteiger partial charge in [-0.1, -0.05) is 30.3 Å². The number of rotatable bonds is 6. The molecule has 1 aliphatic heterocycles. The molecule has 0 unspecified atom stereocenters. The van der Waals surface area contributed by atoms with Crippen molar-refractivity contribution in [3.63, 3.8) is 0 Å². The van der Waals surface area contributed by atoms with Crippen molar-refractivity contribution in [2.24, 2.45) is 5.92 Å². The van der Waals surface area contributed by atoms with Crippen molar-refractivity contribution in [2.45, 2.75) is 39.2 Å². The maximum atomic E-state index is 12.7. The predicted molar refractivity (Wildman–Crippen MR) is 134 cm³/mol. The molecule has 31 heavy (non-hydrogen) atoms. The second-order valence-electron chi connectivity index (χ2n) is 9.29. The van der Waals surface area contributed by atoms with E-state index in [1.807, 2.05) is 57.2 Å². The van der Waals surface area contributed by atoms with E-state index < -0.39 is 0 Å². The molecule has 1 fully saturated rings. The molecule has 3 rings (SSSR count). The molecule has 0 aliphatic carbocycles. The fraction of sp³-hybridized carbons (Fsp3) is 0.440. The number of hydrogen-bond donors (Lipinski definition) is 2. The molecule has 2 aromatic carbocycles. The fourth-order valence-electron chi connectivity index (χ4n) is 3.87. The van der Waals surface area contributed by atoms with E-state index >= 15 is 0 Å². The van der Waals surface area contributed by atoms with Gasteiger partial charge in [-0.05, 0) is 105 Å². The summed E-state index contributed by atoms with van der Waals surface area (Å²) < 4.78 is 1.17. The van der Waals surface area contributed by atoms with Crippen molar-refractivity contribution in [3.05, 3.63) is 57.7 Å². The lowest BCUT2D eigenvalue weighted by atomic mass is 9.96. The summed E-state index contributed by atoms with van der Waals surface area (Å²) in [5.74, 6) is 0.496. The largest absolute Gasteiger partial charge is 0.352 e. The summed E-state index contributed by atoms with van der Waals surface area (Å²) in [7, 11) is 0. The Bertz CT molecular complexity index is 915. The van der Waals surface area contributed by atoms with Gasteiger partial charge in [0.1, 0.15) is 0 Å². The number of nitrogens with zero attached hydrogens (tertiary/aromatic N) is 1. The summed E-state index contributed by atoms with van der Waals surface area (Å²) in [4.78, 5) is 27.0. The average Bonchev–Trinajstić information content (AvgIpc) is 2.72. The maximum Gasteiger partial charge on any atom is 0.251 e. The van der Waals surface area contributed by atoms with Crippen LogP contribution in [-0.4, -0.2) is 48.4 Å². The average molecular weight is 533 g/mol. The Morgan fingerprint density at radius 3 is 2.45 bits per heavy atom. The van der Waals surface area contributed by atoms with Gasteiger partial charge in [-0.2, -0.15) is 0 Å². The van der Waals surface area contributed by atoms with Crippen molar-refractivity contribution >= 4 is 34.4 Å². The summed E-state index contributed by atoms with van der Waals surface area (Å²) in [5.41, 5.74) is 2.68. The van der Waals surface area contributed by atoms with Crippen molar-refractivity contribution < 1.29 is 9.59 Å². The highest BCUT2D eigenvalue weighted by atomic mass is 127. The molecule has 0 spiro atoms. The van der Waals surface area contributed by atoms with Gasteiger partial charge in [0.15, 0.2) is 0 Å². The Morgan fingerprint density at radius 2 is 1.77 bits per heavy atom. The molecule has 0 saturated carbocycles. The molecule has 0 aromatic heterocycles. The van der Waals surface area contributed by atoms with E-state index in [9.17, 15) is 9.59 Å². The molecule has 2 amide bonds. The van der Waals surface area contributed by atoms with Gasteiger partial charge in [-0.3, -0.25) is 14.5 Å². The van der Waals surface area contributed by atoms with Gasteiger partial charge in [0.2, 0.25) is 5.91 Å². The zero-order chi connectivity index (χ0) is 22.4. The third kappa shape index (κ3) is 7.31. The first-order chi connectivity index (χ1) is 14.7. The van der Waals surface area contributed by atoms with Crippen LogP contribution >= 0.6 is 22.6 Å². The number of benzene rings is 2. The molecule has 1 aliphatic rings. The van der Waals surface area contributed by atoms with Crippen LogP contribution in [0.3, 0.4) is 0 Å². The third-order valence-electron chi connectivity index (χ3n) is 5.45.